The van der Waals surface area contributed by atoms with Crippen LogP contribution in [0.15, 0.2) is 48.8 Å². The second-order valence-corrected chi connectivity index (χ2v) is 7.64. The molecule has 7 N–H and O–H groups in total. The van der Waals surface area contributed by atoms with Crippen molar-refractivity contribution in [3.8, 4) is 0 Å². The van der Waals surface area contributed by atoms with Crippen molar-refractivity contribution in [2.24, 2.45) is 5.73 Å². The topological polar surface area (TPSA) is 181 Å². The molecule has 0 spiro atoms. The number of nitrogens with two attached hydrogens (primary N) is 1. The van der Waals surface area contributed by atoms with Crippen molar-refractivity contribution in [2.75, 3.05) is 68.6 Å². The molecule has 2 aromatic heterocycles. The lowest BCUT2D eigenvalue weighted by Crippen LogP contribution is -2.27. The van der Waals surface area contributed by atoms with Gasteiger partial charge in [0.05, 0.1) is 33.0 Å². The summed E-state index contributed by atoms with van der Waals surface area (Å²) in [6, 6.07) is 10.8. The fourth-order valence-electron chi connectivity index (χ4n) is 3.05. The van der Waals surface area contributed by atoms with E-state index in [0.717, 1.165) is 5.56 Å². The van der Waals surface area contributed by atoms with E-state index in [-0.39, 0.29) is 25.0 Å². The minimum absolute atomic E-state index is 0.0710. The highest BCUT2D eigenvalue weighted by Crippen LogP contribution is 2.18. The fraction of sp³-hybridized carbons (Fsp3) is 0.375. The number of aromatic nitrogens is 4. The van der Waals surface area contributed by atoms with Gasteiger partial charge in [-0.1, -0.05) is 6.07 Å². The average molecular weight is 512 g/mol. The Bertz CT molecular complexity index is 1090. The van der Waals surface area contributed by atoms with E-state index in [9.17, 15) is 4.79 Å². The lowest BCUT2D eigenvalue weighted by Gasteiger charge is -2.12. The largest absolute Gasteiger partial charge is 0.395 e. The fourth-order valence-corrected chi connectivity index (χ4v) is 3.05. The predicted molar refractivity (Wildman–Crippen MR) is 140 cm³/mol. The minimum Gasteiger partial charge on any atom is -0.395 e. The summed E-state index contributed by atoms with van der Waals surface area (Å²) in [5, 5.41) is 21.2. The molecule has 0 aliphatic carbocycles. The number of carbonyl (C=O) groups is 1. The van der Waals surface area contributed by atoms with Gasteiger partial charge in [-0.15, -0.1) is 0 Å². The number of anilines is 4. The van der Waals surface area contributed by atoms with E-state index in [1.807, 2.05) is 12.1 Å². The standard InChI is InChI=1S/C24H33N9O4/c25-6-12-36-14-15-37-13-10-27-21(35)19-2-1-3-20(16-19)30-24-32-22(28-9-11-34)31-23(33-24)29-17-18-4-7-26-8-5-18/h1-5,7-8,16,34H,6,9-15,17,25H2,(H,27,35)(H3,28,29,30,31,32,33). The van der Waals surface area contributed by atoms with Crippen LogP contribution in [0.5, 0.6) is 0 Å². The number of aliphatic hydroxyl groups excluding tert-OH is 1. The third-order valence-corrected chi connectivity index (χ3v) is 4.78. The molecule has 0 bridgehead atoms. The van der Waals surface area contributed by atoms with Gasteiger partial charge in [0.25, 0.3) is 5.91 Å². The highest BCUT2D eigenvalue weighted by molar-refractivity contribution is 5.95. The summed E-state index contributed by atoms with van der Waals surface area (Å²) in [4.78, 5) is 29.7. The third kappa shape index (κ3) is 10.3. The number of amides is 1. The van der Waals surface area contributed by atoms with E-state index in [2.05, 4.69) is 41.2 Å². The molecule has 37 heavy (non-hydrogen) atoms. The van der Waals surface area contributed by atoms with Gasteiger partial charge in [0, 0.05) is 49.8 Å². The van der Waals surface area contributed by atoms with Gasteiger partial charge in [0.2, 0.25) is 17.8 Å². The first kappa shape index (κ1) is 27.7. The van der Waals surface area contributed by atoms with Gasteiger partial charge < -0.3 is 41.6 Å². The average Bonchev–Trinajstić information content (AvgIpc) is 2.93. The molecule has 1 amide bonds. The van der Waals surface area contributed by atoms with Crippen LogP contribution in [-0.2, 0) is 16.0 Å². The number of ether oxygens (including phenoxy) is 2. The summed E-state index contributed by atoms with van der Waals surface area (Å²) in [5.41, 5.74) is 7.46. The summed E-state index contributed by atoms with van der Waals surface area (Å²) >= 11 is 0. The molecule has 13 nitrogen and oxygen atoms in total. The van der Waals surface area contributed by atoms with Gasteiger partial charge in [-0.25, -0.2) is 0 Å². The number of nitrogens with one attached hydrogen (secondary N) is 4. The number of aliphatic hydroxyl groups is 1. The van der Waals surface area contributed by atoms with Crippen LogP contribution < -0.4 is 27.0 Å². The van der Waals surface area contributed by atoms with E-state index >= 15 is 0 Å². The second-order valence-electron chi connectivity index (χ2n) is 7.64. The summed E-state index contributed by atoms with van der Waals surface area (Å²) in [5.74, 6) is 0.686. The van der Waals surface area contributed by atoms with E-state index in [1.165, 1.54) is 0 Å². The number of carbonyl (C=O) groups excluding carboxylic acids is 1. The number of hydrogen-bond donors (Lipinski definition) is 6. The van der Waals surface area contributed by atoms with Crippen LogP contribution in [0, 0.1) is 0 Å². The zero-order chi connectivity index (χ0) is 26.1. The Balaban J connectivity index is 1.58. The smallest absolute Gasteiger partial charge is 0.251 e. The summed E-state index contributed by atoms with van der Waals surface area (Å²) in [6.07, 6.45) is 3.42. The Morgan fingerprint density at radius 2 is 1.62 bits per heavy atom. The molecule has 0 saturated carbocycles. The Kier molecular flexibility index (Phi) is 11.9. The Labute approximate surface area is 215 Å². The number of pyridine rings is 1. The molecule has 0 saturated heterocycles. The second kappa shape index (κ2) is 16.0. The van der Waals surface area contributed by atoms with Crippen molar-refractivity contribution in [3.63, 3.8) is 0 Å². The highest BCUT2D eigenvalue weighted by Gasteiger charge is 2.10. The molecule has 0 unspecified atom stereocenters. The van der Waals surface area contributed by atoms with E-state index in [0.29, 0.717) is 69.2 Å². The first-order valence-corrected chi connectivity index (χ1v) is 11.9. The maximum atomic E-state index is 12.5. The lowest BCUT2D eigenvalue weighted by molar-refractivity contribution is 0.0511. The molecule has 0 atom stereocenters. The molecule has 3 rings (SSSR count). The molecule has 0 aliphatic heterocycles. The SMILES string of the molecule is NCCOCCOCCNC(=O)c1cccc(Nc2nc(NCCO)nc(NCc3ccncc3)n2)c1. The number of rotatable bonds is 17. The molecule has 198 valence electrons. The first-order chi connectivity index (χ1) is 18.2. The molecule has 0 aliphatic rings. The number of nitrogens with zero attached hydrogens (tertiary/aromatic N) is 4. The lowest BCUT2D eigenvalue weighted by atomic mass is 10.2. The van der Waals surface area contributed by atoms with Crippen LogP contribution >= 0.6 is 0 Å². The van der Waals surface area contributed by atoms with Crippen LogP contribution in [0.2, 0.25) is 0 Å². The normalized spacial score (nSPS) is 10.6. The van der Waals surface area contributed by atoms with Gasteiger partial charge in [-0.05, 0) is 35.9 Å². The molecule has 13 heteroatoms. The maximum absolute atomic E-state index is 12.5. The Morgan fingerprint density at radius 1 is 0.892 bits per heavy atom. The molecular weight excluding hydrogens is 478 g/mol. The zero-order valence-corrected chi connectivity index (χ0v) is 20.5. The summed E-state index contributed by atoms with van der Waals surface area (Å²) in [7, 11) is 0. The highest BCUT2D eigenvalue weighted by atomic mass is 16.5. The monoisotopic (exact) mass is 511 g/mol. The van der Waals surface area contributed by atoms with Crippen LogP contribution in [0.1, 0.15) is 15.9 Å². The van der Waals surface area contributed by atoms with Crippen molar-refractivity contribution >= 4 is 29.4 Å². The van der Waals surface area contributed by atoms with Gasteiger partial charge in [0.1, 0.15) is 0 Å². The van der Waals surface area contributed by atoms with Gasteiger partial charge >= 0.3 is 0 Å². The van der Waals surface area contributed by atoms with Crippen LogP contribution in [0.3, 0.4) is 0 Å². The van der Waals surface area contributed by atoms with Crippen molar-refractivity contribution < 1.29 is 19.4 Å². The number of benzene rings is 1. The summed E-state index contributed by atoms with van der Waals surface area (Å²) in [6.45, 7) is 3.33. The van der Waals surface area contributed by atoms with Crippen LogP contribution in [-0.4, -0.2) is 83.6 Å². The number of hydrogen-bond acceptors (Lipinski definition) is 12. The molecule has 0 fully saturated rings. The Hall–Kier alpha value is -3.91. The van der Waals surface area contributed by atoms with Gasteiger partial charge in [-0.2, -0.15) is 15.0 Å². The Morgan fingerprint density at radius 3 is 2.38 bits per heavy atom. The van der Waals surface area contributed by atoms with Crippen LogP contribution in [0.4, 0.5) is 23.5 Å². The van der Waals surface area contributed by atoms with Crippen molar-refractivity contribution in [1.29, 1.82) is 0 Å². The van der Waals surface area contributed by atoms with E-state index < -0.39 is 0 Å². The van der Waals surface area contributed by atoms with Crippen LogP contribution in [0.25, 0.3) is 0 Å². The van der Waals surface area contributed by atoms with E-state index in [4.69, 9.17) is 20.3 Å². The minimum atomic E-state index is -0.229. The van der Waals surface area contributed by atoms with Crippen molar-refractivity contribution in [2.45, 2.75) is 6.54 Å². The van der Waals surface area contributed by atoms with Crippen molar-refractivity contribution in [1.82, 2.24) is 25.3 Å². The molecular formula is C24H33N9O4. The first-order valence-electron chi connectivity index (χ1n) is 11.9. The molecule has 2 heterocycles. The van der Waals surface area contributed by atoms with Gasteiger partial charge in [-0.3, -0.25) is 9.78 Å². The maximum Gasteiger partial charge on any atom is 0.251 e. The summed E-state index contributed by atoms with van der Waals surface area (Å²) < 4.78 is 10.7. The predicted octanol–water partition coefficient (Wildman–Crippen LogP) is 0.748. The zero-order valence-electron chi connectivity index (χ0n) is 20.5. The van der Waals surface area contributed by atoms with E-state index in [1.54, 1.807) is 36.7 Å². The molecule has 3 aromatic rings. The molecule has 0 radical (unpaired) electrons. The molecule has 1 aromatic carbocycles. The third-order valence-electron chi connectivity index (χ3n) is 4.78. The van der Waals surface area contributed by atoms with Crippen molar-refractivity contribution in [3.05, 3.63) is 59.9 Å². The van der Waals surface area contributed by atoms with Gasteiger partial charge in [0.15, 0.2) is 0 Å². The quantitative estimate of drug-likeness (QED) is 0.140.